The highest BCUT2D eigenvalue weighted by atomic mass is 16.3. The lowest BCUT2D eigenvalue weighted by molar-refractivity contribution is -0.0990. The molecule has 1 saturated carbocycles. The van der Waals surface area contributed by atoms with E-state index < -0.39 is 0 Å². The molecule has 1 saturated heterocycles. The Labute approximate surface area is 100 Å². The van der Waals surface area contributed by atoms with Crippen molar-refractivity contribution in [2.24, 2.45) is 11.3 Å². The molecule has 2 fully saturated rings. The number of rotatable bonds is 1. The van der Waals surface area contributed by atoms with Gasteiger partial charge in [-0.1, -0.05) is 33.6 Å². The molecule has 1 unspecified atom stereocenters. The van der Waals surface area contributed by atoms with Gasteiger partial charge < -0.3 is 5.11 Å². The molecule has 16 heavy (non-hydrogen) atoms. The second-order valence-corrected chi connectivity index (χ2v) is 6.88. The van der Waals surface area contributed by atoms with Crippen LogP contribution in [0.25, 0.3) is 0 Å². The summed E-state index contributed by atoms with van der Waals surface area (Å²) in [5.41, 5.74) is -0.0272. The fourth-order valence-electron chi connectivity index (χ4n) is 3.61. The van der Waals surface area contributed by atoms with Crippen LogP contribution >= 0.6 is 0 Å². The molecule has 4 atom stereocenters. The molecular weight excluding hydrogens is 198 g/mol. The number of fused-ring (bicyclic) bond motifs is 1. The smallest absolute Gasteiger partial charge is 0.112 e. The Balaban J connectivity index is 2.13. The van der Waals surface area contributed by atoms with Crippen molar-refractivity contribution >= 4 is 0 Å². The Kier molecular flexibility index (Phi) is 3.33. The largest absolute Gasteiger partial charge is 0.378 e. The molecule has 94 valence electrons. The van der Waals surface area contributed by atoms with E-state index in [4.69, 9.17) is 0 Å². The summed E-state index contributed by atoms with van der Waals surface area (Å²) in [5.74, 6) is 0.848. The number of hydrogen-bond donors (Lipinski definition) is 1. The predicted octanol–water partition coefficient (Wildman–Crippen LogP) is 3.00. The lowest BCUT2D eigenvalue weighted by Crippen LogP contribution is -2.50. The van der Waals surface area contributed by atoms with E-state index in [2.05, 4.69) is 32.6 Å². The quantitative estimate of drug-likeness (QED) is 0.741. The van der Waals surface area contributed by atoms with Crippen LogP contribution in [0.4, 0.5) is 0 Å². The highest BCUT2D eigenvalue weighted by Gasteiger charge is 2.45. The molecule has 2 aliphatic rings. The van der Waals surface area contributed by atoms with E-state index in [1.54, 1.807) is 0 Å². The number of hydrogen-bond acceptors (Lipinski definition) is 2. The maximum Gasteiger partial charge on any atom is 0.112 e. The van der Waals surface area contributed by atoms with E-state index in [9.17, 15) is 5.11 Å². The maximum absolute atomic E-state index is 10.5. The van der Waals surface area contributed by atoms with Crippen molar-refractivity contribution in [1.82, 2.24) is 4.90 Å². The van der Waals surface area contributed by atoms with Gasteiger partial charge in [-0.2, -0.15) is 0 Å². The zero-order chi connectivity index (χ0) is 11.9. The van der Waals surface area contributed by atoms with Crippen LogP contribution < -0.4 is 0 Å². The van der Waals surface area contributed by atoms with Crippen molar-refractivity contribution in [3.63, 3.8) is 0 Å². The summed E-state index contributed by atoms with van der Waals surface area (Å²) in [6.45, 7) is 8.70. The second-order valence-electron chi connectivity index (χ2n) is 6.88. The standard InChI is InChI=1S/C14H27NO/c1-10-9-11-7-5-6-8-12(11)15(10)13(16)14(2,3)4/h10-13,16H,5-9H2,1-4H3/t10-,11+,12+,13?/m1/s1. The molecule has 2 heteroatoms. The van der Waals surface area contributed by atoms with Crippen molar-refractivity contribution in [1.29, 1.82) is 0 Å². The molecule has 0 amide bonds. The van der Waals surface area contributed by atoms with E-state index in [0.29, 0.717) is 12.1 Å². The maximum atomic E-state index is 10.5. The van der Waals surface area contributed by atoms with Gasteiger partial charge in [-0.3, -0.25) is 4.90 Å². The fraction of sp³-hybridized carbons (Fsp3) is 1.00. The summed E-state index contributed by atoms with van der Waals surface area (Å²) in [6, 6.07) is 1.21. The molecule has 1 N–H and O–H groups in total. The highest BCUT2D eigenvalue weighted by Crippen LogP contribution is 2.42. The summed E-state index contributed by atoms with van der Waals surface area (Å²) in [7, 11) is 0. The predicted molar refractivity (Wildman–Crippen MR) is 67.1 cm³/mol. The van der Waals surface area contributed by atoms with Crippen molar-refractivity contribution in [3.05, 3.63) is 0 Å². The number of aliphatic hydroxyl groups excluding tert-OH is 1. The van der Waals surface area contributed by atoms with Crippen molar-refractivity contribution in [2.45, 2.75) is 78.1 Å². The summed E-state index contributed by atoms with van der Waals surface area (Å²) in [4.78, 5) is 2.41. The van der Waals surface area contributed by atoms with E-state index in [1.807, 2.05) is 0 Å². The molecule has 1 aliphatic carbocycles. The minimum Gasteiger partial charge on any atom is -0.378 e. The Bertz CT molecular complexity index is 246. The number of likely N-dealkylation sites (tertiary alicyclic amines) is 1. The van der Waals surface area contributed by atoms with Gasteiger partial charge in [0.1, 0.15) is 6.23 Å². The van der Waals surface area contributed by atoms with Crippen molar-refractivity contribution in [2.75, 3.05) is 0 Å². The van der Waals surface area contributed by atoms with E-state index >= 15 is 0 Å². The van der Waals surface area contributed by atoms with Gasteiger partial charge in [-0.05, 0) is 32.1 Å². The van der Waals surface area contributed by atoms with Gasteiger partial charge in [0.15, 0.2) is 0 Å². The van der Waals surface area contributed by atoms with Crippen LogP contribution in [0.1, 0.15) is 59.8 Å². The molecule has 1 heterocycles. The van der Waals surface area contributed by atoms with Crippen LogP contribution in [0.2, 0.25) is 0 Å². The monoisotopic (exact) mass is 225 g/mol. The van der Waals surface area contributed by atoms with Crippen LogP contribution in [-0.2, 0) is 0 Å². The lowest BCUT2D eigenvalue weighted by atomic mass is 9.84. The lowest BCUT2D eigenvalue weighted by Gasteiger charge is -2.41. The summed E-state index contributed by atoms with van der Waals surface area (Å²) >= 11 is 0. The van der Waals surface area contributed by atoms with Gasteiger partial charge in [0.2, 0.25) is 0 Å². The Morgan fingerprint density at radius 3 is 2.44 bits per heavy atom. The number of aliphatic hydroxyl groups is 1. The second kappa shape index (κ2) is 4.30. The SMILES string of the molecule is C[C@@H]1C[C@@H]2CCCC[C@@H]2N1C(O)C(C)(C)C. The molecule has 0 spiro atoms. The van der Waals surface area contributed by atoms with Crippen LogP contribution in [0.3, 0.4) is 0 Å². The summed E-state index contributed by atoms with van der Waals surface area (Å²) < 4.78 is 0. The van der Waals surface area contributed by atoms with Gasteiger partial charge in [0.05, 0.1) is 0 Å². The highest BCUT2D eigenvalue weighted by molar-refractivity contribution is 4.96. The third kappa shape index (κ3) is 2.14. The average Bonchev–Trinajstić information content (AvgIpc) is 2.51. The normalized spacial score (nSPS) is 38.4. The zero-order valence-electron chi connectivity index (χ0n) is 11.2. The average molecular weight is 225 g/mol. The van der Waals surface area contributed by atoms with Crippen LogP contribution in [0.15, 0.2) is 0 Å². The van der Waals surface area contributed by atoms with E-state index in [1.165, 1.54) is 32.1 Å². The summed E-state index contributed by atoms with van der Waals surface area (Å²) in [6.07, 6.45) is 6.42. The van der Waals surface area contributed by atoms with Crippen LogP contribution in [0.5, 0.6) is 0 Å². The topological polar surface area (TPSA) is 23.5 Å². The summed E-state index contributed by atoms with van der Waals surface area (Å²) in [5, 5.41) is 10.5. The first-order valence-electron chi connectivity index (χ1n) is 6.87. The third-order valence-electron chi connectivity index (χ3n) is 4.46. The van der Waals surface area contributed by atoms with Gasteiger partial charge in [-0.15, -0.1) is 0 Å². The first kappa shape index (κ1) is 12.4. The molecule has 2 nitrogen and oxygen atoms in total. The van der Waals surface area contributed by atoms with Crippen LogP contribution in [-0.4, -0.2) is 28.3 Å². The third-order valence-corrected chi connectivity index (χ3v) is 4.46. The Morgan fingerprint density at radius 2 is 1.81 bits per heavy atom. The number of nitrogens with zero attached hydrogens (tertiary/aromatic N) is 1. The Morgan fingerprint density at radius 1 is 1.19 bits per heavy atom. The minimum absolute atomic E-state index is 0.0272. The molecule has 0 aromatic heterocycles. The molecule has 0 radical (unpaired) electrons. The van der Waals surface area contributed by atoms with Gasteiger partial charge in [0, 0.05) is 17.5 Å². The van der Waals surface area contributed by atoms with Gasteiger partial charge in [0.25, 0.3) is 0 Å². The van der Waals surface area contributed by atoms with Gasteiger partial charge >= 0.3 is 0 Å². The van der Waals surface area contributed by atoms with Crippen molar-refractivity contribution in [3.8, 4) is 0 Å². The van der Waals surface area contributed by atoms with E-state index in [0.717, 1.165) is 5.92 Å². The Hall–Kier alpha value is -0.0800. The molecule has 2 rings (SSSR count). The zero-order valence-corrected chi connectivity index (χ0v) is 11.2. The molecule has 0 aromatic carbocycles. The molecule has 1 aliphatic heterocycles. The minimum atomic E-state index is -0.282. The first-order valence-corrected chi connectivity index (χ1v) is 6.87. The van der Waals surface area contributed by atoms with Crippen molar-refractivity contribution < 1.29 is 5.11 Å². The first-order chi connectivity index (χ1) is 7.41. The molecule has 0 bridgehead atoms. The van der Waals surface area contributed by atoms with Gasteiger partial charge in [-0.25, -0.2) is 0 Å². The van der Waals surface area contributed by atoms with E-state index in [-0.39, 0.29) is 11.6 Å². The molecular formula is C14H27NO. The van der Waals surface area contributed by atoms with Crippen LogP contribution in [0, 0.1) is 11.3 Å². The fourth-order valence-corrected chi connectivity index (χ4v) is 3.61. The molecule has 0 aromatic rings.